The first kappa shape index (κ1) is 20.5. The molecule has 1 aliphatic rings. The van der Waals surface area contributed by atoms with Crippen LogP contribution in [0.1, 0.15) is 36.6 Å². The van der Waals surface area contributed by atoms with Crippen molar-refractivity contribution in [2.75, 3.05) is 28.3 Å². The van der Waals surface area contributed by atoms with Crippen LogP contribution in [0.5, 0.6) is 17.2 Å². The second kappa shape index (κ2) is 7.21. The zero-order valence-corrected chi connectivity index (χ0v) is 19.0. The highest BCUT2D eigenvalue weighted by Crippen LogP contribution is 2.49. The topological polar surface area (TPSA) is 38.7 Å². The molecule has 2 atom stereocenters. The van der Waals surface area contributed by atoms with E-state index in [1.54, 1.807) is 14.2 Å². The number of phenols is 1. The van der Waals surface area contributed by atoms with Crippen molar-refractivity contribution in [3.05, 3.63) is 53.1 Å². The summed E-state index contributed by atoms with van der Waals surface area (Å²) in [5.41, 5.74) is 5.28. The van der Waals surface area contributed by atoms with Gasteiger partial charge in [0.2, 0.25) is 0 Å². The summed E-state index contributed by atoms with van der Waals surface area (Å²) in [5, 5.41) is 13.5. The summed E-state index contributed by atoms with van der Waals surface area (Å²) >= 11 is 0. The van der Waals surface area contributed by atoms with Crippen LogP contribution in [0.3, 0.4) is 0 Å². The molecule has 4 rings (SSSR count). The lowest BCUT2D eigenvalue weighted by Gasteiger charge is -2.46. The number of aryl methyl sites for hydroxylation is 1. The Morgan fingerprint density at radius 3 is 2.37 bits per heavy atom. The Morgan fingerprint density at radius 1 is 1.00 bits per heavy atom. The van der Waals surface area contributed by atoms with Crippen LogP contribution < -0.4 is 9.47 Å². The molecule has 0 aliphatic carbocycles. The standard InChI is InChI=1S/C26H31NO3/c1-15-13-22(30-7)25-19(9-8-10-21(25)29-6)23(15)20-12-11-18-14-16(2)27(4,5)17(3)24(18)26(20)28/h8-13,16-17H,14H2,1-7H3/p+1/t16-,17-/m1/s1. The van der Waals surface area contributed by atoms with Crippen LogP contribution in [-0.2, 0) is 6.42 Å². The Bertz CT molecular complexity index is 1130. The van der Waals surface area contributed by atoms with Gasteiger partial charge in [-0.05, 0) is 55.0 Å². The van der Waals surface area contributed by atoms with E-state index in [-0.39, 0.29) is 6.04 Å². The number of nitrogens with zero attached hydrogens (tertiary/aromatic N) is 1. The lowest BCUT2D eigenvalue weighted by atomic mass is 9.83. The Morgan fingerprint density at radius 2 is 1.70 bits per heavy atom. The molecule has 1 aliphatic heterocycles. The number of ether oxygens (including phenoxy) is 2. The minimum atomic E-state index is 0.211. The maximum absolute atomic E-state index is 11.5. The lowest BCUT2D eigenvalue weighted by Crippen LogP contribution is -2.52. The normalized spacial score (nSPS) is 20.1. The fraction of sp³-hybridized carbons (Fsp3) is 0.385. The van der Waals surface area contributed by atoms with Gasteiger partial charge >= 0.3 is 0 Å². The molecule has 1 heterocycles. The fourth-order valence-electron chi connectivity index (χ4n) is 5.00. The van der Waals surface area contributed by atoms with Gasteiger partial charge in [0.25, 0.3) is 0 Å². The summed E-state index contributed by atoms with van der Waals surface area (Å²) in [7, 11) is 7.86. The largest absolute Gasteiger partial charge is 0.507 e. The summed E-state index contributed by atoms with van der Waals surface area (Å²) in [6.45, 7) is 6.58. The number of phenolic OH excluding ortho intramolecular Hbond substituents is 1. The maximum Gasteiger partial charge on any atom is 0.132 e. The minimum absolute atomic E-state index is 0.211. The summed E-state index contributed by atoms with van der Waals surface area (Å²) in [6.07, 6.45) is 0.969. The third kappa shape index (κ3) is 2.85. The molecule has 1 N–H and O–H groups in total. The molecule has 0 aromatic heterocycles. The quantitative estimate of drug-likeness (QED) is 0.574. The molecule has 0 spiro atoms. The van der Waals surface area contributed by atoms with Gasteiger partial charge in [0.1, 0.15) is 23.3 Å². The van der Waals surface area contributed by atoms with Crippen molar-refractivity contribution in [3.63, 3.8) is 0 Å². The number of hydrogen-bond acceptors (Lipinski definition) is 3. The van der Waals surface area contributed by atoms with Crippen molar-refractivity contribution in [3.8, 4) is 28.4 Å². The molecule has 0 saturated carbocycles. The first-order valence-corrected chi connectivity index (χ1v) is 10.5. The van der Waals surface area contributed by atoms with Crippen molar-refractivity contribution in [1.29, 1.82) is 0 Å². The Hall–Kier alpha value is -2.72. The predicted octanol–water partition coefficient (Wildman–Crippen LogP) is 5.62. The number of quaternary nitrogens is 1. The monoisotopic (exact) mass is 406 g/mol. The number of benzene rings is 3. The Kier molecular flexibility index (Phi) is 4.94. The Balaban J connectivity index is 2.04. The van der Waals surface area contributed by atoms with Gasteiger partial charge in [0, 0.05) is 12.0 Å². The number of methoxy groups -OCH3 is 2. The average molecular weight is 407 g/mol. The van der Waals surface area contributed by atoms with E-state index < -0.39 is 0 Å². The van der Waals surface area contributed by atoms with Gasteiger partial charge in [0.15, 0.2) is 0 Å². The molecule has 0 unspecified atom stereocenters. The zero-order valence-electron chi connectivity index (χ0n) is 19.0. The van der Waals surface area contributed by atoms with Crippen molar-refractivity contribution in [2.24, 2.45) is 0 Å². The van der Waals surface area contributed by atoms with Gasteiger partial charge in [-0.1, -0.05) is 24.3 Å². The summed E-state index contributed by atoms with van der Waals surface area (Å²) in [4.78, 5) is 0. The van der Waals surface area contributed by atoms with Crippen LogP contribution in [0.4, 0.5) is 0 Å². The molecular weight excluding hydrogens is 374 g/mol. The fourth-order valence-corrected chi connectivity index (χ4v) is 5.00. The molecule has 4 nitrogen and oxygen atoms in total. The smallest absolute Gasteiger partial charge is 0.132 e. The van der Waals surface area contributed by atoms with E-state index >= 15 is 0 Å². The van der Waals surface area contributed by atoms with E-state index in [1.807, 2.05) is 18.2 Å². The van der Waals surface area contributed by atoms with Crippen molar-refractivity contribution in [1.82, 2.24) is 0 Å². The molecule has 158 valence electrons. The van der Waals surface area contributed by atoms with Gasteiger partial charge in [-0.15, -0.1) is 0 Å². The molecule has 3 aromatic carbocycles. The van der Waals surface area contributed by atoms with Gasteiger partial charge in [-0.2, -0.15) is 0 Å². The lowest BCUT2D eigenvalue weighted by molar-refractivity contribution is -0.943. The zero-order chi connectivity index (χ0) is 21.8. The number of likely N-dealkylation sites (N-methyl/N-ethyl adjacent to an activating group) is 1. The van der Waals surface area contributed by atoms with E-state index in [4.69, 9.17) is 9.47 Å². The van der Waals surface area contributed by atoms with Crippen LogP contribution >= 0.6 is 0 Å². The third-order valence-electron chi connectivity index (χ3n) is 7.37. The van der Waals surface area contributed by atoms with Crippen LogP contribution in [0.15, 0.2) is 36.4 Å². The van der Waals surface area contributed by atoms with Crippen LogP contribution in [-0.4, -0.2) is 43.9 Å². The number of aromatic hydroxyl groups is 1. The molecule has 3 aromatic rings. The van der Waals surface area contributed by atoms with E-state index in [1.165, 1.54) is 5.56 Å². The molecule has 30 heavy (non-hydrogen) atoms. The highest BCUT2D eigenvalue weighted by Gasteiger charge is 2.40. The molecule has 4 heteroatoms. The second-order valence-corrected chi connectivity index (χ2v) is 9.05. The Labute approximate surface area is 179 Å². The van der Waals surface area contributed by atoms with Crippen molar-refractivity contribution in [2.45, 2.75) is 39.3 Å². The number of rotatable bonds is 3. The second-order valence-electron chi connectivity index (χ2n) is 9.05. The van der Waals surface area contributed by atoms with E-state index in [9.17, 15) is 5.11 Å². The summed E-state index contributed by atoms with van der Waals surface area (Å²) < 4.78 is 12.2. The van der Waals surface area contributed by atoms with Gasteiger partial charge in [0.05, 0.1) is 45.3 Å². The third-order valence-corrected chi connectivity index (χ3v) is 7.37. The molecule has 0 radical (unpaired) electrons. The van der Waals surface area contributed by atoms with E-state index in [0.29, 0.717) is 11.8 Å². The number of hydrogen-bond donors (Lipinski definition) is 1. The first-order chi connectivity index (χ1) is 14.2. The SMILES string of the molecule is COc1cccc2c(-c3ccc4c(c3O)[C@@H](C)[N+](C)(C)[C@H](C)C4)c(C)cc(OC)c12. The molecule has 0 saturated heterocycles. The van der Waals surface area contributed by atoms with Crippen LogP contribution in [0, 0.1) is 6.92 Å². The van der Waals surface area contributed by atoms with Crippen LogP contribution in [0.25, 0.3) is 21.9 Å². The molecule has 0 fully saturated rings. The maximum atomic E-state index is 11.5. The van der Waals surface area contributed by atoms with Gasteiger partial charge in [-0.25, -0.2) is 0 Å². The van der Waals surface area contributed by atoms with Crippen molar-refractivity contribution >= 4 is 10.8 Å². The molecule has 0 amide bonds. The number of fused-ring (bicyclic) bond motifs is 2. The summed E-state index contributed by atoms with van der Waals surface area (Å²) in [6, 6.07) is 13.0. The van der Waals surface area contributed by atoms with Gasteiger partial charge in [-0.3, -0.25) is 0 Å². The van der Waals surface area contributed by atoms with Gasteiger partial charge < -0.3 is 19.1 Å². The van der Waals surface area contributed by atoms with Crippen LogP contribution in [0.2, 0.25) is 0 Å². The minimum Gasteiger partial charge on any atom is -0.507 e. The summed E-state index contributed by atoms with van der Waals surface area (Å²) in [5.74, 6) is 1.94. The van der Waals surface area contributed by atoms with Crippen molar-refractivity contribution < 1.29 is 19.1 Å². The predicted molar refractivity (Wildman–Crippen MR) is 123 cm³/mol. The first-order valence-electron chi connectivity index (χ1n) is 10.5. The average Bonchev–Trinajstić information content (AvgIpc) is 2.72. The highest BCUT2D eigenvalue weighted by atomic mass is 16.5. The van der Waals surface area contributed by atoms with E-state index in [0.717, 1.165) is 55.4 Å². The highest BCUT2D eigenvalue weighted by molar-refractivity contribution is 6.05. The van der Waals surface area contributed by atoms with E-state index in [2.05, 4.69) is 53.1 Å². The molecule has 0 bridgehead atoms. The molecular formula is C26H32NO3+.